The van der Waals surface area contributed by atoms with Crippen molar-refractivity contribution in [1.82, 2.24) is 0 Å². The third-order valence-corrected chi connectivity index (χ3v) is 12.1. The predicted octanol–water partition coefficient (Wildman–Crippen LogP) is 8.86. The van der Waals surface area contributed by atoms with Crippen LogP contribution in [0.3, 0.4) is 0 Å². The highest BCUT2D eigenvalue weighted by atomic mass is 14.6. The van der Waals surface area contributed by atoms with Crippen molar-refractivity contribution in [2.45, 2.75) is 102 Å². The van der Waals surface area contributed by atoms with Crippen LogP contribution in [0, 0.1) is 40.9 Å². The quantitative estimate of drug-likeness (QED) is 0.442. The molecule has 0 heterocycles. The highest BCUT2D eigenvalue weighted by Crippen LogP contribution is 2.62. The highest BCUT2D eigenvalue weighted by Gasteiger charge is 2.52. The van der Waals surface area contributed by atoms with Crippen LogP contribution >= 0.6 is 0 Å². The van der Waals surface area contributed by atoms with Gasteiger partial charge in [0, 0.05) is 0 Å². The van der Waals surface area contributed by atoms with Crippen molar-refractivity contribution in [3.8, 4) is 0 Å². The van der Waals surface area contributed by atoms with Crippen LogP contribution in [0.4, 0.5) is 0 Å². The van der Waals surface area contributed by atoms with Gasteiger partial charge in [0.1, 0.15) is 0 Å². The van der Waals surface area contributed by atoms with E-state index in [1.165, 1.54) is 69.8 Å². The molecular weight excluding hydrogens is 396 g/mol. The minimum Gasteiger partial charge on any atom is -0.0636 e. The summed E-state index contributed by atoms with van der Waals surface area (Å²) in [6.07, 6.45) is 27.6. The van der Waals surface area contributed by atoms with Crippen LogP contribution in [0.25, 0.3) is 5.57 Å². The molecule has 0 saturated heterocycles. The maximum Gasteiger partial charge on any atom is -0.00391 e. The molecule has 1 aromatic rings. The molecule has 0 spiro atoms. The Labute approximate surface area is 201 Å². The molecule has 8 bridgehead atoms. The van der Waals surface area contributed by atoms with Gasteiger partial charge in [-0.05, 0) is 147 Å². The van der Waals surface area contributed by atoms with E-state index in [1.54, 1.807) is 43.2 Å². The maximum absolute atomic E-state index is 2.61. The molecule has 10 rings (SSSR count). The van der Waals surface area contributed by atoms with Gasteiger partial charge in [-0.1, -0.05) is 54.8 Å². The van der Waals surface area contributed by atoms with E-state index in [1.807, 2.05) is 5.57 Å². The fourth-order valence-corrected chi connectivity index (χ4v) is 11.4. The van der Waals surface area contributed by atoms with Crippen LogP contribution in [0.15, 0.2) is 42.0 Å². The van der Waals surface area contributed by atoms with Crippen molar-refractivity contribution in [2.24, 2.45) is 40.9 Å². The smallest absolute Gasteiger partial charge is 0.00391 e. The molecule has 0 nitrogen and oxygen atoms in total. The monoisotopic (exact) mass is 438 g/mol. The zero-order chi connectivity index (χ0) is 21.6. The minimum absolute atomic E-state index is 0.540. The third-order valence-electron chi connectivity index (χ3n) is 12.1. The normalized spacial score (nSPS) is 47.4. The van der Waals surface area contributed by atoms with E-state index in [0.717, 1.165) is 35.5 Å². The standard InChI is InChI=1S/C33H42/c1-2-23-12-24-11-22(1)16-32(17-23,18-24)30-7-3-28(4-8-30)29-5-9-31(10-6-29)33-19-25-13-26(20-33)15-27(14-25)21-33/h3,5-7,9-10,22-27H,1-2,4,8,11-21H2. The molecule has 174 valence electrons. The van der Waals surface area contributed by atoms with Crippen molar-refractivity contribution in [3.63, 3.8) is 0 Å². The molecule has 8 saturated carbocycles. The summed E-state index contributed by atoms with van der Waals surface area (Å²) in [5.41, 5.74) is 7.76. The number of benzene rings is 1. The Hall–Kier alpha value is -1.30. The van der Waals surface area contributed by atoms with Gasteiger partial charge in [0.2, 0.25) is 0 Å². The molecular formula is C33H42. The van der Waals surface area contributed by atoms with Crippen LogP contribution < -0.4 is 0 Å². The van der Waals surface area contributed by atoms with E-state index in [0.29, 0.717) is 10.8 Å². The molecule has 2 atom stereocenters. The minimum atomic E-state index is 0.540. The molecule has 1 aromatic carbocycles. The summed E-state index contributed by atoms with van der Waals surface area (Å²) in [6.45, 7) is 0. The summed E-state index contributed by atoms with van der Waals surface area (Å²) >= 11 is 0. The van der Waals surface area contributed by atoms with Crippen molar-refractivity contribution < 1.29 is 0 Å². The van der Waals surface area contributed by atoms with Crippen molar-refractivity contribution in [3.05, 3.63) is 53.1 Å². The molecule has 33 heavy (non-hydrogen) atoms. The van der Waals surface area contributed by atoms with Gasteiger partial charge in [-0.15, -0.1) is 0 Å². The molecule has 9 aliphatic rings. The average Bonchev–Trinajstić information content (AvgIpc) is 3.04. The number of hydrogen-bond donors (Lipinski definition) is 0. The molecule has 2 unspecified atom stereocenters. The zero-order valence-electron chi connectivity index (χ0n) is 20.5. The highest BCUT2D eigenvalue weighted by molar-refractivity contribution is 5.69. The Morgan fingerprint density at radius 2 is 1.03 bits per heavy atom. The molecule has 9 aliphatic carbocycles. The Bertz CT molecular complexity index is 952. The van der Waals surface area contributed by atoms with Crippen LogP contribution in [0.5, 0.6) is 0 Å². The van der Waals surface area contributed by atoms with Crippen LogP contribution in [-0.2, 0) is 5.41 Å². The van der Waals surface area contributed by atoms with E-state index >= 15 is 0 Å². The summed E-state index contributed by atoms with van der Waals surface area (Å²) in [6, 6.07) is 10.1. The van der Waals surface area contributed by atoms with Gasteiger partial charge >= 0.3 is 0 Å². The Kier molecular flexibility index (Phi) is 4.30. The van der Waals surface area contributed by atoms with Gasteiger partial charge in [-0.25, -0.2) is 0 Å². The molecule has 0 N–H and O–H groups in total. The lowest BCUT2D eigenvalue weighted by atomic mass is 9.48. The SMILES string of the molecule is C1=C(c2ccc(C34CC5CC(CC(C5)C3)C4)cc2)CCC(C23CC4CCC(CC(C4)C2)C3)=C1. The molecule has 0 aliphatic heterocycles. The summed E-state index contributed by atoms with van der Waals surface area (Å²) in [5.74, 6) is 6.24. The molecule has 8 fully saturated rings. The first-order chi connectivity index (χ1) is 16.1. The Morgan fingerprint density at radius 3 is 1.58 bits per heavy atom. The summed E-state index contributed by atoms with van der Waals surface area (Å²) in [7, 11) is 0. The van der Waals surface area contributed by atoms with Gasteiger partial charge in [-0.2, -0.15) is 0 Å². The fourth-order valence-electron chi connectivity index (χ4n) is 11.4. The summed E-state index contributed by atoms with van der Waals surface area (Å²) in [4.78, 5) is 0. The Morgan fingerprint density at radius 1 is 0.515 bits per heavy atom. The van der Waals surface area contributed by atoms with Crippen molar-refractivity contribution in [2.75, 3.05) is 0 Å². The van der Waals surface area contributed by atoms with Gasteiger partial charge in [0.15, 0.2) is 0 Å². The van der Waals surface area contributed by atoms with E-state index in [9.17, 15) is 0 Å². The average molecular weight is 439 g/mol. The van der Waals surface area contributed by atoms with E-state index in [2.05, 4.69) is 36.4 Å². The second-order valence-corrected chi connectivity index (χ2v) is 14.2. The molecule has 0 amide bonds. The fraction of sp³-hybridized carbons (Fsp3) is 0.697. The number of fused-ring (bicyclic) bond motifs is 1. The summed E-state index contributed by atoms with van der Waals surface area (Å²) in [5, 5.41) is 0. The first kappa shape index (κ1) is 19.9. The molecule has 0 heteroatoms. The predicted molar refractivity (Wildman–Crippen MR) is 137 cm³/mol. The van der Waals surface area contributed by atoms with E-state index < -0.39 is 0 Å². The molecule has 0 aromatic heterocycles. The van der Waals surface area contributed by atoms with Crippen molar-refractivity contribution >= 4 is 5.57 Å². The largest absolute Gasteiger partial charge is 0.0636 e. The maximum atomic E-state index is 2.61. The topological polar surface area (TPSA) is 0 Å². The van der Waals surface area contributed by atoms with Crippen LogP contribution in [-0.4, -0.2) is 0 Å². The Balaban J connectivity index is 1.05. The van der Waals surface area contributed by atoms with Gasteiger partial charge in [0.05, 0.1) is 0 Å². The lowest BCUT2D eigenvalue weighted by Crippen LogP contribution is -2.48. The number of allylic oxidation sites excluding steroid dienone is 4. The first-order valence-electron chi connectivity index (χ1n) is 14.7. The second-order valence-electron chi connectivity index (χ2n) is 14.2. The van der Waals surface area contributed by atoms with Crippen LogP contribution in [0.2, 0.25) is 0 Å². The van der Waals surface area contributed by atoms with Crippen LogP contribution in [0.1, 0.15) is 107 Å². The number of rotatable bonds is 3. The molecule has 0 radical (unpaired) electrons. The van der Waals surface area contributed by atoms with Gasteiger partial charge in [-0.3, -0.25) is 0 Å². The summed E-state index contributed by atoms with van der Waals surface area (Å²) < 4.78 is 0. The van der Waals surface area contributed by atoms with Gasteiger partial charge in [0.25, 0.3) is 0 Å². The first-order valence-corrected chi connectivity index (χ1v) is 14.7. The van der Waals surface area contributed by atoms with Gasteiger partial charge < -0.3 is 0 Å². The van der Waals surface area contributed by atoms with E-state index in [4.69, 9.17) is 0 Å². The van der Waals surface area contributed by atoms with Crippen molar-refractivity contribution in [1.29, 1.82) is 0 Å². The number of hydrogen-bond acceptors (Lipinski definition) is 0. The zero-order valence-corrected chi connectivity index (χ0v) is 20.5. The lowest BCUT2D eigenvalue weighted by molar-refractivity contribution is -0.00518. The third kappa shape index (κ3) is 3.14. The second kappa shape index (κ2) is 7.11. The van der Waals surface area contributed by atoms with E-state index in [-0.39, 0.29) is 0 Å². The lowest BCUT2D eigenvalue weighted by Gasteiger charge is -2.57.